The van der Waals surface area contributed by atoms with E-state index in [4.69, 9.17) is 4.74 Å². The number of alkyl halides is 3. The molecule has 4 nitrogen and oxygen atoms in total. The summed E-state index contributed by atoms with van der Waals surface area (Å²) in [5.74, 6) is -0.359. The summed E-state index contributed by atoms with van der Waals surface area (Å²) in [5.41, 5.74) is 2.07. The molecule has 0 saturated carbocycles. The fourth-order valence-corrected chi connectivity index (χ4v) is 3.45. The normalized spacial score (nSPS) is 18.1. The van der Waals surface area contributed by atoms with Crippen molar-refractivity contribution in [2.75, 3.05) is 48.4 Å². The van der Waals surface area contributed by atoms with E-state index in [0.717, 1.165) is 17.3 Å². The Morgan fingerprint density at radius 1 is 1.07 bits per heavy atom. The van der Waals surface area contributed by atoms with Gasteiger partial charge in [0.2, 0.25) is 0 Å². The van der Waals surface area contributed by atoms with Crippen LogP contribution in [0.5, 0.6) is 0 Å². The van der Waals surface area contributed by atoms with Gasteiger partial charge in [-0.15, -0.1) is 0 Å². The van der Waals surface area contributed by atoms with Gasteiger partial charge in [-0.05, 0) is 42.0 Å². The molecule has 4 rings (SSSR count). The van der Waals surface area contributed by atoms with Gasteiger partial charge in [-0.1, -0.05) is 0 Å². The minimum absolute atomic E-state index is 0.156. The smallest absolute Gasteiger partial charge is 0.380 e. The van der Waals surface area contributed by atoms with Crippen molar-refractivity contribution in [1.29, 1.82) is 0 Å². The van der Waals surface area contributed by atoms with Crippen molar-refractivity contribution in [3.05, 3.63) is 59.5 Å². The van der Waals surface area contributed by atoms with E-state index in [1.54, 1.807) is 23.2 Å². The minimum Gasteiger partial charge on any atom is -0.380 e. The zero-order valence-corrected chi connectivity index (χ0v) is 14.9. The van der Waals surface area contributed by atoms with Gasteiger partial charge in [0, 0.05) is 48.5 Å². The van der Waals surface area contributed by atoms with Gasteiger partial charge in [-0.3, -0.25) is 0 Å². The molecule has 2 aromatic carbocycles. The molecule has 1 fully saturated rings. The molecular formula is C20H19F4N3O. The first-order chi connectivity index (χ1) is 13.4. The molecule has 8 heteroatoms. The summed E-state index contributed by atoms with van der Waals surface area (Å²) >= 11 is 0. The van der Waals surface area contributed by atoms with E-state index in [9.17, 15) is 17.6 Å². The third kappa shape index (κ3) is 3.77. The van der Waals surface area contributed by atoms with Gasteiger partial charge in [0.15, 0.2) is 0 Å². The van der Waals surface area contributed by atoms with E-state index >= 15 is 0 Å². The highest BCUT2D eigenvalue weighted by atomic mass is 19.4. The maximum atomic E-state index is 13.6. The quantitative estimate of drug-likeness (QED) is 0.750. The average Bonchev–Trinajstić information content (AvgIpc) is 3.08. The molecule has 0 amide bonds. The van der Waals surface area contributed by atoms with Crippen LogP contribution in [-0.4, -0.2) is 32.8 Å². The topological polar surface area (TPSA) is 36.5 Å². The van der Waals surface area contributed by atoms with Gasteiger partial charge in [0.1, 0.15) is 5.82 Å². The second-order valence-corrected chi connectivity index (χ2v) is 6.69. The van der Waals surface area contributed by atoms with Crippen LogP contribution in [0.4, 0.5) is 34.6 Å². The molecule has 2 aliphatic heterocycles. The van der Waals surface area contributed by atoms with E-state index in [1.807, 2.05) is 0 Å². The highest BCUT2D eigenvalue weighted by molar-refractivity contribution is 5.85. The van der Waals surface area contributed by atoms with E-state index in [1.165, 1.54) is 18.2 Å². The second-order valence-electron chi connectivity index (χ2n) is 6.69. The Labute approximate surface area is 159 Å². The standard InChI is InChI=1S/C20H19F4N3O/c21-14-1-3-18-16(9-14)13(12-26-18)11-25-15-2-4-19(17(10-15)20(22,23)24)27-5-7-28-8-6-27/h1-4,9-11,25-26H,5-8,12H2/b13-11-. The Morgan fingerprint density at radius 3 is 2.61 bits per heavy atom. The number of halogens is 4. The van der Waals surface area contributed by atoms with Crippen molar-refractivity contribution in [3.63, 3.8) is 0 Å². The third-order valence-corrected chi connectivity index (χ3v) is 4.86. The van der Waals surface area contributed by atoms with Crippen LogP contribution in [0.25, 0.3) is 5.57 Å². The number of hydrogen-bond acceptors (Lipinski definition) is 4. The maximum Gasteiger partial charge on any atom is 0.418 e. The first kappa shape index (κ1) is 18.6. The van der Waals surface area contributed by atoms with Crippen molar-refractivity contribution >= 4 is 22.6 Å². The monoisotopic (exact) mass is 393 g/mol. The number of benzene rings is 2. The number of hydrogen-bond donors (Lipinski definition) is 2. The average molecular weight is 393 g/mol. The first-order valence-corrected chi connectivity index (χ1v) is 8.95. The molecule has 0 spiro atoms. The Kier molecular flexibility index (Phi) is 4.89. The Morgan fingerprint density at radius 2 is 1.86 bits per heavy atom. The van der Waals surface area contributed by atoms with Crippen molar-refractivity contribution < 1.29 is 22.3 Å². The summed E-state index contributed by atoms with van der Waals surface area (Å²) in [5, 5.41) is 6.05. The summed E-state index contributed by atoms with van der Waals surface area (Å²) in [6.45, 7) is 2.14. The van der Waals surface area contributed by atoms with Crippen LogP contribution in [0.2, 0.25) is 0 Å². The van der Waals surface area contributed by atoms with Crippen LogP contribution in [-0.2, 0) is 10.9 Å². The lowest BCUT2D eigenvalue weighted by atomic mass is 10.1. The fourth-order valence-electron chi connectivity index (χ4n) is 3.45. The van der Waals surface area contributed by atoms with Crippen LogP contribution in [0.15, 0.2) is 42.6 Å². The molecule has 148 valence electrons. The molecule has 2 aromatic rings. The van der Waals surface area contributed by atoms with Crippen molar-refractivity contribution in [2.45, 2.75) is 6.18 Å². The van der Waals surface area contributed by atoms with Crippen LogP contribution < -0.4 is 15.5 Å². The first-order valence-electron chi connectivity index (χ1n) is 8.95. The SMILES string of the molecule is Fc1ccc2c(c1)/C(=C\Nc1ccc(N3CCOCC3)c(C(F)(F)F)c1)CN2. The third-order valence-electron chi connectivity index (χ3n) is 4.86. The highest BCUT2D eigenvalue weighted by Crippen LogP contribution is 2.39. The largest absolute Gasteiger partial charge is 0.418 e. The van der Waals surface area contributed by atoms with Gasteiger partial charge in [0.05, 0.1) is 18.8 Å². The lowest BCUT2D eigenvalue weighted by Crippen LogP contribution is -2.37. The number of rotatable bonds is 3. The zero-order chi connectivity index (χ0) is 19.7. The fraction of sp³-hybridized carbons (Fsp3) is 0.300. The second kappa shape index (κ2) is 7.35. The van der Waals surface area contributed by atoms with Gasteiger partial charge >= 0.3 is 6.18 Å². The number of fused-ring (bicyclic) bond motifs is 1. The molecule has 28 heavy (non-hydrogen) atoms. The van der Waals surface area contributed by atoms with E-state index in [0.29, 0.717) is 44.1 Å². The maximum absolute atomic E-state index is 13.6. The van der Waals surface area contributed by atoms with Gasteiger partial charge in [-0.2, -0.15) is 13.2 Å². The van der Waals surface area contributed by atoms with Gasteiger partial charge < -0.3 is 20.3 Å². The Bertz CT molecular complexity index is 905. The van der Waals surface area contributed by atoms with Crippen molar-refractivity contribution in [1.82, 2.24) is 0 Å². The predicted octanol–water partition coefficient (Wildman–Crippen LogP) is 4.56. The lowest BCUT2D eigenvalue weighted by Gasteiger charge is -2.31. The summed E-state index contributed by atoms with van der Waals surface area (Å²) in [6.07, 6.45) is -2.86. The summed E-state index contributed by atoms with van der Waals surface area (Å²) in [7, 11) is 0. The molecule has 0 aromatic heterocycles. The molecule has 0 unspecified atom stereocenters. The Hall–Kier alpha value is -2.74. The van der Waals surface area contributed by atoms with Crippen LogP contribution in [0, 0.1) is 5.82 Å². The number of anilines is 3. The van der Waals surface area contributed by atoms with Gasteiger partial charge in [-0.25, -0.2) is 4.39 Å². The molecule has 1 saturated heterocycles. The number of nitrogens with zero attached hydrogens (tertiary/aromatic N) is 1. The van der Waals surface area contributed by atoms with Crippen LogP contribution >= 0.6 is 0 Å². The van der Waals surface area contributed by atoms with Crippen LogP contribution in [0.3, 0.4) is 0 Å². The Balaban J connectivity index is 1.60. The van der Waals surface area contributed by atoms with E-state index in [2.05, 4.69) is 10.6 Å². The number of ether oxygens (including phenoxy) is 1. The number of nitrogens with one attached hydrogen (secondary N) is 2. The molecular weight excluding hydrogens is 374 g/mol. The number of morpholine rings is 1. The zero-order valence-electron chi connectivity index (χ0n) is 14.9. The lowest BCUT2D eigenvalue weighted by molar-refractivity contribution is -0.137. The van der Waals surface area contributed by atoms with E-state index < -0.39 is 11.7 Å². The molecule has 0 radical (unpaired) electrons. The highest BCUT2D eigenvalue weighted by Gasteiger charge is 2.35. The molecule has 2 aliphatic rings. The van der Waals surface area contributed by atoms with Crippen molar-refractivity contribution in [2.24, 2.45) is 0 Å². The molecule has 0 atom stereocenters. The van der Waals surface area contributed by atoms with Crippen LogP contribution in [0.1, 0.15) is 11.1 Å². The van der Waals surface area contributed by atoms with E-state index in [-0.39, 0.29) is 11.5 Å². The van der Waals surface area contributed by atoms with Crippen molar-refractivity contribution in [3.8, 4) is 0 Å². The minimum atomic E-state index is -4.47. The molecule has 2 heterocycles. The molecule has 0 bridgehead atoms. The summed E-state index contributed by atoms with van der Waals surface area (Å²) < 4.78 is 59.6. The molecule has 2 N–H and O–H groups in total. The van der Waals surface area contributed by atoms with Gasteiger partial charge in [0.25, 0.3) is 0 Å². The molecule has 0 aliphatic carbocycles. The predicted molar refractivity (Wildman–Crippen MR) is 101 cm³/mol. The summed E-state index contributed by atoms with van der Waals surface area (Å²) in [4.78, 5) is 1.69. The summed E-state index contributed by atoms with van der Waals surface area (Å²) in [6, 6.07) is 8.62.